The van der Waals surface area contributed by atoms with E-state index in [1.54, 1.807) is 0 Å². The molecule has 0 N–H and O–H groups in total. The smallest absolute Gasteiger partial charge is 0.160 e. The lowest BCUT2D eigenvalue weighted by Gasteiger charge is -2.08. The minimum Gasteiger partial charge on any atom is -0.236 e. The summed E-state index contributed by atoms with van der Waals surface area (Å²) in [6.07, 6.45) is 18.1. The highest BCUT2D eigenvalue weighted by Crippen LogP contribution is 2.25. The van der Waals surface area contributed by atoms with E-state index >= 15 is 0 Å². The fourth-order valence-corrected chi connectivity index (χ4v) is 3.64. The Balaban J connectivity index is 1.79. The zero-order chi connectivity index (χ0) is 18.6. The Morgan fingerprint density at radius 1 is 0.731 bits per heavy atom. The maximum atomic E-state index is 4.68. The van der Waals surface area contributed by atoms with Crippen LogP contribution in [0, 0.1) is 0 Å². The van der Waals surface area contributed by atoms with E-state index in [1.165, 1.54) is 62.5 Å². The molecule has 0 fully saturated rings. The summed E-state index contributed by atoms with van der Waals surface area (Å²) in [5.74, 6) is 0.772. The van der Waals surface area contributed by atoms with Crippen molar-refractivity contribution in [3.8, 4) is 11.4 Å². The van der Waals surface area contributed by atoms with E-state index in [2.05, 4.69) is 54.6 Å². The lowest BCUT2D eigenvalue weighted by Crippen LogP contribution is -1.94. The van der Waals surface area contributed by atoms with Gasteiger partial charge in [-0.25, -0.2) is 9.97 Å². The van der Waals surface area contributed by atoms with Gasteiger partial charge in [0.1, 0.15) is 0 Å². The minimum absolute atomic E-state index is 0.772. The summed E-state index contributed by atoms with van der Waals surface area (Å²) < 4.78 is 0. The Kier molecular flexibility index (Phi) is 9.76. The van der Waals surface area contributed by atoms with Gasteiger partial charge in [-0.1, -0.05) is 71.3 Å². The van der Waals surface area contributed by atoms with Crippen LogP contribution in [0.25, 0.3) is 11.4 Å². The number of aromatic nitrogens is 2. The van der Waals surface area contributed by atoms with Crippen LogP contribution >= 0.6 is 12.6 Å². The van der Waals surface area contributed by atoms with Crippen molar-refractivity contribution in [2.75, 3.05) is 0 Å². The van der Waals surface area contributed by atoms with Gasteiger partial charge in [-0.15, -0.1) is 12.6 Å². The summed E-state index contributed by atoms with van der Waals surface area (Å²) in [4.78, 5) is 10.0. The molecule has 3 heteroatoms. The molecule has 1 aromatic heterocycles. The van der Waals surface area contributed by atoms with Crippen LogP contribution in [-0.2, 0) is 12.8 Å². The first-order valence-corrected chi connectivity index (χ1v) is 10.8. The Morgan fingerprint density at radius 3 is 2.00 bits per heavy atom. The zero-order valence-corrected chi connectivity index (χ0v) is 17.4. The molecule has 0 unspecified atom stereocenters. The molecule has 0 spiro atoms. The van der Waals surface area contributed by atoms with E-state index in [1.807, 2.05) is 12.4 Å². The van der Waals surface area contributed by atoms with Gasteiger partial charge in [0.25, 0.3) is 0 Å². The predicted octanol–water partition coefficient (Wildman–Crippen LogP) is 7.07. The molecule has 0 aliphatic heterocycles. The van der Waals surface area contributed by atoms with Gasteiger partial charge in [0.2, 0.25) is 0 Å². The molecule has 1 heterocycles. The van der Waals surface area contributed by atoms with Crippen molar-refractivity contribution in [2.45, 2.75) is 89.4 Å². The molecule has 1 aromatic carbocycles. The molecule has 2 nitrogen and oxygen atoms in total. The van der Waals surface area contributed by atoms with Gasteiger partial charge in [-0.2, -0.15) is 0 Å². The van der Waals surface area contributed by atoms with Crippen molar-refractivity contribution in [1.29, 1.82) is 0 Å². The average molecular weight is 371 g/mol. The number of hydrogen-bond donors (Lipinski definition) is 1. The molecule has 0 saturated heterocycles. The van der Waals surface area contributed by atoms with Crippen LogP contribution in [0.4, 0.5) is 0 Å². The number of unbranched alkanes of at least 4 members (excludes halogenated alkanes) is 7. The molecule has 142 valence electrons. The van der Waals surface area contributed by atoms with Crippen LogP contribution in [0.1, 0.15) is 82.8 Å². The molecule has 0 atom stereocenters. The van der Waals surface area contributed by atoms with Gasteiger partial charge < -0.3 is 0 Å². The van der Waals surface area contributed by atoms with Gasteiger partial charge in [-0.3, -0.25) is 0 Å². The standard InChI is InChI=1S/C23H34N2S/c1-3-5-6-7-8-9-10-11-13-19-14-15-21(22(26)16-19)23-24-17-20(12-4-2)18-25-23/h14-18,26H,3-13H2,1-2H3. The van der Waals surface area contributed by atoms with Crippen molar-refractivity contribution in [1.82, 2.24) is 9.97 Å². The van der Waals surface area contributed by atoms with E-state index in [9.17, 15) is 0 Å². The van der Waals surface area contributed by atoms with Gasteiger partial charge in [-0.05, 0) is 42.5 Å². The van der Waals surface area contributed by atoms with E-state index in [-0.39, 0.29) is 0 Å². The number of thiol groups is 1. The quantitative estimate of drug-likeness (QED) is 0.319. The van der Waals surface area contributed by atoms with Crippen molar-refractivity contribution in [3.63, 3.8) is 0 Å². The van der Waals surface area contributed by atoms with Crippen LogP contribution in [0.15, 0.2) is 35.5 Å². The van der Waals surface area contributed by atoms with Crippen molar-refractivity contribution in [2.24, 2.45) is 0 Å². The Morgan fingerprint density at radius 2 is 1.38 bits per heavy atom. The van der Waals surface area contributed by atoms with Crippen LogP contribution in [0.2, 0.25) is 0 Å². The van der Waals surface area contributed by atoms with Crippen molar-refractivity contribution in [3.05, 3.63) is 41.7 Å². The summed E-state index contributed by atoms with van der Waals surface area (Å²) >= 11 is 4.68. The van der Waals surface area contributed by atoms with E-state index in [0.29, 0.717) is 0 Å². The first kappa shape index (κ1) is 21.0. The monoisotopic (exact) mass is 370 g/mol. The number of aryl methyl sites for hydroxylation is 2. The second-order valence-electron chi connectivity index (χ2n) is 7.24. The summed E-state index contributed by atoms with van der Waals surface area (Å²) in [5.41, 5.74) is 3.59. The fraction of sp³-hybridized carbons (Fsp3) is 0.565. The van der Waals surface area contributed by atoms with Crippen LogP contribution in [0.5, 0.6) is 0 Å². The lowest BCUT2D eigenvalue weighted by molar-refractivity contribution is 0.575. The largest absolute Gasteiger partial charge is 0.236 e. The number of rotatable bonds is 12. The molecule has 26 heavy (non-hydrogen) atoms. The van der Waals surface area contributed by atoms with Gasteiger partial charge >= 0.3 is 0 Å². The molecular weight excluding hydrogens is 336 g/mol. The van der Waals surface area contributed by atoms with Gasteiger partial charge in [0.15, 0.2) is 5.82 Å². The maximum Gasteiger partial charge on any atom is 0.160 e. The molecule has 0 aliphatic carbocycles. The molecular formula is C23H34N2S. The molecule has 2 aromatic rings. The SMILES string of the molecule is CCCCCCCCCCc1ccc(-c2ncc(CCC)cn2)c(S)c1. The van der Waals surface area contributed by atoms with Gasteiger partial charge in [0, 0.05) is 22.9 Å². The first-order chi connectivity index (χ1) is 12.7. The number of nitrogens with zero attached hydrogens (tertiary/aromatic N) is 2. The molecule has 0 aliphatic rings. The first-order valence-electron chi connectivity index (χ1n) is 10.4. The predicted molar refractivity (Wildman–Crippen MR) is 115 cm³/mol. The third-order valence-corrected chi connectivity index (χ3v) is 5.24. The summed E-state index contributed by atoms with van der Waals surface area (Å²) in [6.45, 7) is 4.44. The summed E-state index contributed by atoms with van der Waals surface area (Å²) in [7, 11) is 0. The van der Waals surface area contributed by atoms with Gasteiger partial charge in [0.05, 0.1) is 0 Å². The summed E-state index contributed by atoms with van der Waals surface area (Å²) in [6, 6.07) is 6.51. The summed E-state index contributed by atoms with van der Waals surface area (Å²) in [5, 5.41) is 0. The highest BCUT2D eigenvalue weighted by atomic mass is 32.1. The molecule has 0 bridgehead atoms. The van der Waals surface area contributed by atoms with E-state index in [4.69, 9.17) is 0 Å². The van der Waals surface area contributed by atoms with Crippen molar-refractivity contribution >= 4 is 12.6 Å². The topological polar surface area (TPSA) is 25.8 Å². The van der Waals surface area contributed by atoms with Crippen molar-refractivity contribution < 1.29 is 0 Å². The third kappa shape index (κ3) is 7.11. The Hall–Kier alpha value is -1.35. The Labute approximate surface area is 165 Å². The van der Waals surface area contributed by atoms with E-state index in [0.717, 1.165) is 35.5 Å². The highest BCUT2D eigenvalue weighted by molar-refractivity contribution is 7.80. The molecule has 0 amide bonds. The van der Waals surface area contributed by atoms with Crippen LogP contribution in [0.3, 0.4) is 0 Å². The minimum atomic E-state index is 0.772. The molecule has 0 radical (unpaired) electrons. The lowest BCUT2D eigenvalue weighted by atomic mass is 10.0. The second-order valence-corrected chi connectivity index (χ2v) is 7.72. The third-order valence-electron chi connectivity index (χ3n) is 4.87. The Bertz CT molecular complexity index is 637. The maximum absolute atomic E-state index is 4.68. The zero-order valence-electron chi connectivity index (χ0n) is 16.5. The normalized spacial score (nSPS) is 11.0. The number of benzene rings is 1. The number of hydrogen-bond acceptors (Lipinski definition) is 3. The molecule has 2 rings (SSSR count). The van der Waals surface area contributed by atoms with Crippen LogP contribution < -0.4 is 0 Å². The molecule has 0 saturated carbocycles. The second kappa shape index (κ2) is 12.1. The average Bonchev–Trinajstić information content (AvgIpc) is 2.65. The van der Waals surface area contributed by atoms with E-state index < -0.39 is 0 Å². The highest BCUT2D eigenvalue weighted by Gasteiger charge is 2.07. The fourth-order valence-electron chi connectivity index (χ4n) is 3.30. The van der Waals surface area contributed by atoms with Crippen LogP contribution in [-0.4, -0.2) is 9.97 Å².